The minimum Gasteiger partial charge on any atom is -0.435 e. The number of thiophene rings is 1. The van der Waals surface area contributed by atoms with E-state index in [-0.39, 0.29) is 30.1 Å². The topological polar surface area (TPSA) is 50.4 Å². The maximum atomic E-state index is 12.3. The van der Waals surface area contributed by atoms with Crippen molar-refractivity contribution in [2.75, 3.05) is 13.1 Å². The second-order valence-electron chi connectivity index (χ2n) is 5.58. The van der Waals surface area contributed by atoms with Gasteiger partial charge in [-0.15, -0.1) is 23.7 Å². The Hall–Kier alpha value is -1.70. The van der Waals surface area contributed by atoms with Gasteiger partial charge in [0.1, 0.15) is 5.75 Å². The van der Waals surface area contributed by atoms with Gasteiger partial charge in [-0.3, -0.25) is 4.79 Å². The molecule has 1 aliphatic rings. The Bertz CT molecular complexity index is 688. The van der Waals surface area contributed by atoms with Gasteiger partial charge in [0.05, 0.1) is 4.88 Å². The third-order valence-corrected chi connectivity index (χ3v) is 4.96. The maximum Gasteiger partial charge on any atom is 0.387 e. The molecular formula is C17H19ClF2N2O2S. The molecule has 2 N–H and O–H groups in total. The second-order valence-corrected chi connectivity index (χ2v) is 6.67. The molecule has 3 rings (SSSR count). The van der Waals surface area contributed by atoms with E-state index in [0.29, 0.717) is 4.88 Å². The first-order valence-electron chi connectivity index (χ1n) is 7.78. The van der Waals surface area contributed by atoms with E-state index in [9.17, 15) is 13.6 Å². The predicted molar refractivity (Wildman–Crippen MR) is 97.0 cm³/mol. The zero-order valence-electron chi connectivity index (χ0n) is 13.3. The molecular weight excluding hydrogens is 370 g/mol. The van der Waals surface area contributed by atoms with Gasteiger partial charge in [0.25, 0.3) is 5.91 Å². The summed E-state index contributed by atoms with van der Waals surface area (Å²) in [6.45, 7) is -1.03. The number of halogens is 3. The van der Waals surface area contributed by atoms with Crippen molar-refractivity contribution < 1.29 is 18.3 Å². The van der Waals surface area contributed by atoms with Crippen LogP contribution in [0.1, 0.15) is 22.5 Å². The molecule has 1 atom stereocenters. The molecule has 136 valence electrons. The molecule has 2 heterocycles. The van der Waals surface area contributed by atoms with Gasteiger partial charge in [-0.1, -0.05) is 0 Å². The maximum absolute atomic E-state index is 12.3. The summed E-state index contributed by atoms with van der Waals surface area (Å²) in [5.41, 5.74) is 0.861. The van der Waals surface area contributed by atoms with E-state index in [0.717, 1.165) is 36.4 Å². The number of amides is 1. The number of rotatable bonds is 5. The number of carbonyl (C=O) groups is 1. The van der Waals surface area contributed by atoms with Gasteiger partial charge in [-0.2, -0.15) is 8.78 Å². The molecule has 1 fully saturated rings. The van der Waals surface area contributed by atoms with Crippen molar-refractivity contribution >= 4 is 29.7 Å². The van der Waals surface area contributed by atoms with Crippen molar-refractivity contribution in [3.05, 3.63) is 41.3 Å². The molecule has 0 saturated carbocycles. The number of piperidine rings is 1. The number of ether oxygens (including phenoxy) is 1. The first kappa shape index (κ1) is 19.6. The van der Waals surface area contributed by atoms with E-state index in [2.05, 4.69) is 15.4 Å². The average Bonchev–Trinajstić information content (AvgIpc) is 3.06. The van der Waals surface area contributed by atoms with E-state index >= 15 is 0 Å². The summed E-state index contributed by atoms with van der Waals surface area (Å²) in [5.74, 6) is 0.0469. The van der Waals surface area contributed by atoms with Crippen LogP contribution in [0.5, 0.6) is 5.75 Å². The van der Waals surface area contributed by atoms with Crippen LogP contribution in [-0.2, 0) is 0 Å². The molecule has 1 amide bonds. The minimum absolute atomic E-state index is 0. The van der Waals surface area contributed by atoms with Gasteiger partial charge in [0.15, 0.2) is 0 Å². The van der Waals surface area contributed by atoms with Gasteiger partial charge in [-0.05, 0) is 61.3 Å². The van der Waals surface area contributed by atoms with Crippen molar-refractivity contribution in [1.29, 1.82) is 0 Å². The zero-order valence-corrected chi connectivity index (χ0v) is 15.0. The summed E-state index contributed by atoms with van der Waals surface area (Å²) in [6, 6.07) is 10.2. The summed E-state index contributed by atoms with van der Waals surface area (Å²) in [6.07, 6.45) is 2.05. The largest absolute Gasteiger partial charge is 0.435 e. The van der Waals surface area contributed by atoms with Gasteiger partial charge in [-0.25, -0.2) is 0 Å². The van der Waals surface area contributed by atoms with Crippen LogP contribution in [0.2, 0.25) is 0 Å². The SMILES string of the molecule is Cl.O=C(NC1CCCNC1)c1ccc(-c2ccc(OC(F)F)cc2)s1. The number of nitrogens with one attached hydrogen (secondary N) is 2. The molecule has 0 spiro atoms. The van der Waals surface area contributed by atoms with E-state index in [1.54, 1.807) is 18.2 Å². The predicted octanol–water partition coefficient (Wildman–Crippen LogP) is 3.92. The highest BCUT2D eigenvalue weighted by Gasteiger charge is 2.17. The quantitative estimate of drug-likeness (QED) is 0.816. The monoisotopic (exact) mass is 388 g/mol. The Labute approximate surface area is 155 Å². The van der Waals surface area contributed by atoms with Crippen molar-refractivity contribution in [1.82, 2.24) is 10.6 Å². The van der Waals surface area contributed by atoms with Crippen LogP contribution in [-0.4, -0.2) is 31.7 Å². The summed E-state index contributed by atoms with van der Waals surface area (Å²) in [5, 5.41) is 6.30. The first-order chi connectivity index (χ1) is 11.6. The molecule has 25 heavy (non-hydrogen) atoms. The minimum atomic E-state index is -2.83. The lowest BCUT2D eigenvalue weighted by molar-refractivity contribution is -0.0498. The van der Waals surface area contributed by atoms with Crippen molar-refractivity contribution in [2.24, 2.45) is 0 Å². The molecule has 2 aromatic rings. The third kappa shape index (κ3) is 5.39. The zero-order chi connectivity index (χ0) is 16.9. The third-order valence-electron chi connectivity index (χ3n) is 3.83. The van der Waals surface area contributed by atoms with E-state index in [1.807, 2.05) is 6.07 Å². The number of hydrogen-bond donors (Lipinski definition) is 2. The standard InChI is InChI=1S/C17H18F2N2O2S.ClH/c18-17(19)23-13-5-3-11(4-6-13)14-7-8-15(24-14)16(22)21-12-2-1-9-20-10-12;/h3-8,12,17,20H,1-2,9-10H2,(H,21,22);1H. The molecule has 4 nitrogen and oxygen atoms in total. The Morgan fingerprint density at radius 3 is 2.64 bits per heavy atom. The fourth-order valence-corrected chi connectivity index (χ4v) is 3.56. The van der Waals surface area contributed by atoms with Gasteiger partial charge in [0, 0.05) is 17.5 Å². The highest BCUT2D eigenvalue weighted by atomic mass is 35.5. The lowest BCUT2D eigenvalue weighted by Gasteiger charge is -2.23. The fraction of sp³-hybridized carbons (Fsp3) is 0.353. The first-order valence-corrected chi connectivity index (χ1v) is 8.60. The van der Waals surface area contributed by atoms with Crippen LogP contribution in [0, 0.1) is 0 Å². The van der Waals surface area contributed by atoms with Crippen LogP contribution >= 0.6 is 23.7 Å². The van der Waals surface area contributed by atoms with Gasteiger partial charge in [0.2, 0.25) is 0 Å². The Kier molecular flexibility index (Phi) is 7.16. The van der Waals surface area contributed by atoms with Crippen molar-refractivity contribution in [3.63, 3.8) is 0 Å². The molecule has 0 bridgehead atoms. The summed E-state index contributed by atoms with van der Waals surface area (Å²) in [4.78, 5) is 13.9. The molecule has 1 saturated heterocycles. The van der Waals surface area contributed by atoms with Gasteiger partial charge >= 0.3 is 6.61 Å². The Balaban J connectivity index is 0.00000225. The molecule has 0 radical (unpaired) electrons. The summed E-state index contributed by atoms with van der Waals surface area (Å²) >= 11 is 1.38. The molecule has 8 heteroatoms. The molecule has 1 aromatic heterocycles. The number of carbonyl (C=O) groups excluding carboxylic acids is 1. The highest BCUT2D eigenvalue weighted by molar-refractivity contribution is 7.17. The normalized spacial score (nSPS) is 17.0. The molecule has 1 aliphatic heterocycles. The number of hydrogen-bond acceptors (Lipinski definition) is 4. The average molecular weight is 389 g/mol. The lowest BCUT2D eigenvalue weighted by atomic mass is 10.1. The summed E-state index contributed by atoms with van der Waals surface area (Å²) in [7, 11) is 0. The van der Waals surface area contributed by atoms with Crippen molar-refractivity contribution in [2.45, 2.75) is 25.5 Å². The molecule has 1 unspecified atom stereocenters. The fourth-order valence-electron chi connectivity index (χ4n) is 2.65. The smallest absolute Gasteiger partial charge is 0.387 e. The van der Waals surface area contributed by atoms with Crippen LogP contribution in [0.4, 0.5) is 8.78 Å². The highest BCUT2D eigenvalue weighted by Crippen LogP contribution is 2.30. The Morgan fingerprint density at radius 2 is 2.00 bits per heavy atom. The van der Waals surface area contributed by atoms with E-state index < -0.39 is 6.61 Å². The number of alkyl halides is 2. The van der Waals surface area contributed by atoms with Crippen LogP contribution in [0.25, 0.3) is 10.4 Å². The van der Waals surface area contributed by atoms with Crippen LogP contribution in [0.3, 0.4) is 0 Å². The van der Waals surface area contributed by atoms with Gasteiger partial charge < -0.3 is 15.4 Å². The van der Waals surface area contributed by atoms with Crippen LogP contribution < -0.4 is 15.4 Å². The van der Waals surface area contributed by atoms with Crippen molar-refractivity contribution in [3.8, 4) is 16.2 Å². The van der Waals surface area contributed by atoms with Crippen LogP contribution in [0.15, 0.2) is 36.4 Å². The lowest BCUT2D eigenvalue weighted by Crippen LogP contribution is -2.45. The molecule has 0 aliphatic carbocycles. The molecule has 1 aromatic carbocycles. The summed E-state index contributed by atoms with van der Waals surface area (Å²) < 4.78 is 28.7. The van der Waals surface area contributed by atoms with E-state index in [1.165, 1.54) is 23.5 Å². The van der Waals surface area contributed by atoms with E-state index in [4.69, 9.17) is 0 Å². The number of benzene rings is 1. The Morgan fingerprint density at radius 1 is 1.24 bits per heavy atom. The second kappa shape index (κ2) is 9.12.